The van der Waals surface area contributed by atoms with Crippen LogP contribution in [0.25, 0.3) is 0 Å². The predicted molar refractivity (Wildman–Crippen MR) is 74.3 cm³/mol. The number of likely N-dealkylation sites (N-methyl/N-ethyl adjacent to an activating group) is 1. The average molecular weight is 298 g/mol. The zero-order valence-electron chi connectivity index (χ0n) is 11.5. The Bertz CT molecular complexity index is 615. The molecule has 0 spiro atoms. The second-order valence-corrected chi connectivity index (χ2v) is 6.90. The molecule has 0 amide bonds. The number of carbonyl (C=O) groups is 1. The van der Waals surface area contributed by atoms with E-state index < -0.39 is 16.0 Å². The molecule has 1 heterocycles. The van der Waals surface area contributed by atoms with Crippen LogP contribution < -0.4 is 0 Å². The van der Waals surface area contributed by atoms with Gasteiger partial charge in [0.25, 0.3) is 0 Å². The molecule has 1 fully saturated rings. The number of piperazine rings is 1. The van der Waals surface area contributed by atoms with Crippen molar-refractivity contribution >= 4 is 16.0 Å². The van der Waals surface area contributed by atoms with Crippen LogP contribution in [0.1, 0.15) is 17.3 Å². The maximum absolute atomic E-state index is 12.6. The highest BCUT2D eigenvalue weighted by Gasteiger charge is 2.33. The fourth-order valence-corrected chi connectivity index (χ4v) is 3.94. The van der Waals surface area contributed by atoms with Crippen molar-refractivity contribution in [1.29, 1.82) is 0 Å². The first-order valence-electron chi connectivity index (χ1n) is 6.36. The van der Waals surface area contributed by atoms with E-state index in [1.54, 1.807) is 6.07 Å². The van der Waals surface area contributed by atoms with Crippen molar-refractivity contribution in [2.24, 2.45) is 0 Å². The van der Waals surface area contributed by atoms with Gasteiger partial charge in [0, 0.05) is 25.7 Å². The van der Waals surface area contributed by atoms with Crippen molar-refractivity contribution in [3.63, 3.8) is 0 Å². The summed E-state index contributed by atoms with van der Waals surface area (Å²) < 4.78 is 26.6. The van der Waals surface area contributed by atoms with E-state index in [9.17, 15) is 13.2 Å². The van der Waals surface area contributed by atoms with Gasteiger partial charge < -0.3 is 10.0 Å². The van der Waals surface area contributed by atoms with Gasteiger partial charge in [-0.05, 0) is 26.1 Å². The summed E-state index contributed by atoms with van der Waals surface area (Å²) in [6.45, 7) is 3.32. The SMILES string of the molecule is CC1CN(S(=O)(=O)c2ccccc2C(=O)O)CCN1C. The van der Waals surface area contributed by atoms with E-state index in [-0.39, 0.29) is 16.5 Å². The Kier molecular flexibility index (Phi) is 4.12. The Hall–Kier alpha value is -1.44. The topological polar surface area (TPSA) is 77.9 Å². The van der Waals surface area contributed by atoms with Crippen LogP contribution in [0, 0.1) is 0 Å². The minimum atomic E-state index is -3.77. The van der Waals surface area contributed by atoms with E-state index in [4.69, 9.17) is 5.11 Å². The van der Waals surface area contributed by atoms with Crippen LogP contribution in [0.4, 0.5) is 0 Å². The summed E-state index contributed by atoms with van der Waals surface area (Å²) in [6, 6.07) is 5.83. The molecule has 20 heavy (non-hydrogen) atoms. The third kappa shape index (κ3) is 2.70. The lowest BCUT2D eigenvalue weighted by Gasteiger charge is -2.36. The summed E-state index contributed by atoms with van der Waals surface area (Å²) >= 11 is 0. The molecule has 1 aromatic carbocycles. The second kappa shape index (κ2) is 5.51. The molecule has 0 saturated carbocycles. The molecule has 0 bridgehead atoms. The van der Waals surface area contributed by atoms with Gasteiger partial charge in [-0.25, -0.2) is 13.2 Å². The molecule has 0 radical (unpaired) electrons. The maximum Gasteiger partial charge on any atom is 0.337 e. The van der Waals surface area contributed by atoms with Gasteiger partial charge in [0.15, 0.2) is 0 Å². The third-order valence-electron chi connectivity index (χ3n) is 3.66. The summed E-state index contributed by atoms with van der Waals surface area (Å²) in [4.78, 5) is 13.1. The third-order valence-corrected chi connectivity index (χ3v) is 5.58. The molecule has 1 atom stereocenters. The molecule has 2 rings (SSSR count). The molecule has 6 nitrogen and oxygen atoms in total. The van der Waals surface area contributed by atoms with Crippen LogP contribution in [0.3, 0.4) is 0 Å². The van der Waals surface area contributed by atoms with E-state index in [1.807, 2.05) is 14.0 Å². The van der Waals surface area contributed by atoms with Gasteiger partial charge in [0.2, 0.25) is 10.0 Å². The van der Waals surface area contributed by atoms with Gasteiger partial charge in [-0.1, -0.05) is 12.1 Å². The molecule has 1 N–H and O–H groups in total. The van der Waals surface area contributed by atoms with Crippen molar-refractivity contribution in [2.75, 3.05) is 26.7 Å². The fraction of sp³-hybridized carbons (Fsp3) is 0.462. The number of carboxylic acid groups (broad SMARTS) is 1. The Balaban J connectivity index is 2.39. The lowest BCUT2D eigenvalue weighted by atomic mass is 10.2. The molecular weight excluding hydrogens is 280 g/mol. The number of sulfonamides is 1. The highest BCUT2D eigenvalue weighted by Crippen LogP contribution is 2.22. The number of rotatable bonds is 3. The molecule has 1 unspecified atom stereocenters. The summed E-state index contributed by atoms with van der Waals surface area (Å²) in [7, 11) is -1.82. The van der Waals surface area contributed by atoms with Gasteiger partial charge in [-0.2, -0.15) is 4.31 Å². The van der Waals surface area contributed by atoms with Crippen molar-refractivity contribution in [2.45, 2.75) is 17.9 Å². The number of carboxylic acids is 1. The Morgan fingerprint density at radius 1 is 1.30 bits per heavy atom. The largest absolute Gasteiger partial charge is 0.478 e. The molecule has 7 heteroatoms. The average Bonchev–Trinajstić information content (AvgIpc) is 2.41. The molecule has 1 aromatic rings. The first-order valence-corrected chi connectivity index (χ1v) is 7.80. The van der Waals surface area contributed by atoms with E-state index in [0.717, 1.165) is 0 Å². The molecular formula is C13H18N2O4S. The summed E-state index contributed by atoms with van der Waals surface area (Å²) in [6.07, 6.45) is 0. The maximum atomic E-state index is 12.6. The Labute approximate surface area is 118 Å². The molecule has 1 saturated heterocycles. The number of hydrogen-bond acceptors (Lipinski definition) is 4. The predicted octanol–water partition coefficient (Wildman–Crippen LogP) is 0.709. The van der Waals surface area contributed by atoms with E-state index in [0.29, 0.717) is 19.6 Å². The van der Waals surface area contributed by atoms with E-state index >= 15 is 0 Å². The van der Waals surface area contributed by atoms with Gasteiger partial charge in [-0.15, -0.1) is 0 Å². The quantitative estimate of drug-likeness (QED) is 0.889. The van der Waals surface area contributed by atoms with Crippen molar-refractivity contribution in [3.05, 3.63) is 29.8 Å². The van der Waals surface area contributed by atoms with Gasteiger partial charge in [-0.3, -0.25) is 0 Å². The summed E-state index contributed by atoms with van der Waals surface area (Å²) in [5, 5.41) is 9.13. The molecule has 0 aromatic heterocycles. The van der Waals surface area contributed by atoms with Crippen molar-refractivity contribution in [3.8, 4) is 0 Å². The second-order valence-electron chi connectivity index (χ2n) is 4.99. The first kappa shape index (κ1) is 15.0. The number of nitrogens with zero attached hydrogens (tertiary/aromatic N) is 2. The van der Waals surface area contributed by atoms with Crippen molar-refractivity contribution in [1.82, 2.24) is 9.21 Å². The normalized spacial score (nSPS) is 21.8. The summed E-state index contributed by atoms with van der Waals surface area (Å²) in [5.41, 5.74) is -0.181. The van der Waals surface area contributed by atoms with Gasteiger partial charge in [0.05, 0.1) is 10.5 Å². The number of hydrogen-bond donors (Lipinski definition) is 1. The van der Waals surface area contributed by atoms with Crippen LogP contribution in [0.15, 0.2) is 29.2 Å². The fourth-order valence-electron chi connectivity index (χ4n) is 2.24. The van der Waals surface area contributed by atoms with Crippen LogP contribution in [-0.4, -0.2) is 61.4 Å². The zero-order chi connectivity index (χ0) is 14.9. The zero-order valence-corrected chi connectivity index (χ0v) is 12.3. The smallest absolute Gasteiger partial charge is 0.337 e. The Morgan fingerprint density at radius 2 is 1.95 bits per heavy atom. The minimum Gasteiger partial charge on any atom is -0.478 e. The minimum absolute atomic E-state index is 0.107. The van der Waals surface area contributed by atoms with Crippen LogP contribution in [0.5, 0.6) is 0 Å². The monoisotopic (exact) mass is 298 g/mol. The van der Waals surface area contributed by atoms with Crippen LogP contribution in [0.2, 0.25) is 0 Å². The van der Waals surface area contributed by atoms with E-state index in [2.05, 4.69) is 4.90 Å². The molecule has 1 aliphatic heterocycles. The number of benzene rings is 1. The molecule has 1 aliphatic rings. The molecule has 110 valence electrons. The Morgan fingerprint density at radius 3 is 2.55 bits per heavy atom. The number of aromatic carboxylic acids is 1. The first-order chi connectivity index (χ1) is 9.34. The van der Waals surface area contributed by atoms with Crippen LogP contribution in [-0.2, 0) is 10.0 Å². The van der Waals surface area contributed by atoms with Crippen LogP contribution >= 0.6 is 0 Å². The lowest BCUT2D eigenvalue weighted by molar-refractivity contribution is 0.0692. The highest BCUT2D eigenvalue weighted by atomic mass is 32.2. The van der Waals surface area contributed by atoms with Gasteiger partial charge in [0.1, 0.15) is 0 Å². The van der Waals surface area contributed by atoms with Gasteiger partial charge >= 0.3 is 5.97 Å². The highest BCUT2D eigenvalue weighted by molar-refractivity contribution is 7.89. The standard InChI is InChI=1S/C13H18N2O4S/c1-10-9-15(8-7-14(10)2)20(18,19)12-6-4-3-5-11(12)13(16)17/h3-6,10H,7-9H2,1-2H3,(H,16,17). The molecule has 0 aliphatic carbocycles. The lowest BCUT2D eigenvalue weighted by Crippen LogP contribution is -2.52. The summed E-state index contributed by atoms with van der Waals surface area (Å²) in [5.74, 6) is -1.23. The van der Waals surface area contributed by atoms with E-state index in [1.165, 1.54) is 22.5 Å². The van der Waals surface area contributed by atoms with Crippen molar-refractivity contribution < 1.29 is 18.3 Å².